The van der Waals surface area contributed by atoms with Gasteiger partial charge in [-0.1, -0.05) is 37.0 Å². The summed E-state index contributed by atoms with van der Waals surface area (Å²) in [6.07, 6.45) is 0. The Hall–Kier alpha value is -0.350. The van der Waals surface area contributed by atoms with E-state index < -0.39 is 5.82 Å². The lowest BCUT2D eigenvalue weighted by molar-refractivity contribution is 0.227. The van der Waals surface area contributed by atoms with Crippen molar-refractivity contribution in [1.29, 1.82) is 0 Å². The maximum atomic E-state index is 13.5. The molecule has 0 aliphatic carbocycles. The fourth-order valence-electron chi connectivity index (χ4n) is 2.32. The van der Waals surface area contributed by atoms with E-state index in [2.05, 4.69) is 38.2 Å². The molecule has 0 saturated heterocycles. The summed E-state index contributed by atoms with van der Waals surface area (Å²) in [5.41, 5.74) is 0.851. The van der Waals surface area contributed by atoms with Crippen LogP contribution in [-0.4, -0.2) is 32.1 Å². The van der Waals surface area contributed by atoms with Gasteiger partial charge in [-0.2, -0.15) is 0 Å². The van der Waals surface area contributed by atoms with Crippen molar-refractivity contribution in [3.63, 3.8) is 0 Å². The average Bonchev–Trinajstić information content (AvgIpc) is 2.29. The minimum absolute atomic E-state index is 0.0318. The Morgan fingerprint density at radius 2 is 1.85 bits per heavy atom. The van der Waals surface area contributed by atoms with Gasteiger partial charge in [0.15, 0.2) is 0 Å². The lowest BCUT2D eigenvalue weighted by atomic mass is 9.92. The van der Waals surface area contributed by atoms with Gasteiger partial charge in [-0.15, -0.1) is 0 Å². The smallest absolute Gasteiger partial charge is 0.142 e. The SMILES string of the molecule is CC(NCC(C)(C)CN(C)C)c1cc(F)c(Cl)cc1Cl. The van der Waals surface area contributed by atoms with Crippen molar-refractivity contribution in [2.24, 2.45) is 5.41 Å². The van der Waals surface area contributed by atoms with Crippen molar-refractivity contribution in [3.05, 3.63) is 33.6 Å². The van der Waals surface area contributed by atoms with Gasteiger partial charge < -0.3 is 10.2 Å². The Labute approximate surface area is 131 Å². The van der Waals surface area contributed by atoms with Gasteiger partial charge in [-0.3, -0.25) is 0 Å². The van der Waals surface area contributed by atoms with Crippen LogP contribution in [0.5, 0.6) is 0 Å². The van der Waals surface area contributed by atoms with E-state index in [1.54, 1.807) is 0 Å². The molecule has 1 atom stereocenters. The molecule has 1 rings (SSSR count). The van der Waals surface area contributed by atoms with Crippen LogP contribution in [0.15, 0.2) is 12.1 Å². The van der Waals surface area contributed by atoms with Crippen LogP contribution in [-0.2, 0) is 0 Å². The van der Waals surface area contributed by atoms with Crippen LogP contribution < -0.4 is 5.32 Å². The Morgan fingerprint density at radius 1 is 1.25 bits per heavy atom. The van der Waals surface area contributed by atoms with Gasteiger partial charge in [0.2, 0.25) is 0 Å². The van der Waals surface area contributed by atoms with Crippen LogP contribution in [0, 0.1) is 11.2 Å². The number of hydrogen-bond acceptors (Lipinski definition) is 2. The molecule has 1 aromatic rings. The summed E-state index contributed by atoms with van der Waals surface area (Å²) in [6, 6.07) is 2.83. The molecule has 0 fully saturated rings. The van der Waals surface area contributed by atoms with Crippen molar-refractivity contribution in [1.82, 2.24) is 10.2 Å². The van der Waals surface area contributed by atoms with Crippen LogP contribution in [0.2, 0.25) is 10.0 Å². The fraction of sp³-hybridized carbons (Fsp3) is 0.600. The second-order valence-corrected chi connectivity index (χ2v) is 7.11. The monoisotopic (exact) mass is 320 g/mol. The van der Waals surface area contributed by atoms with Gasteiger partial charge in [-0.25, -0.2) is 4.39 Å². The number of halogens is 3. The Kier molecular flexibility index (Phi) is 6.26. The molecular formula is C15H23Cl2FN2. The minimum atomic E-state index is -0.438. The summed E-state index contributed by atoms with van der Waals surface area (Å²) >= 11 is 11.8. The topological polar surface area (TPSA) is 15.3 Å². The van der Waals surface area contributed by atoms with Crippen molar-refractivity contribution < 1.29 is 4.39 Å². The molecule has 0 amide bonds. The van der Waals surface area contributed by atoms with Gasteiger partial charge in [0.25, 0.3) is 0 Å². The maximum Gasteiger partial charge on any atom is 0.142 e. The van der Waals surface area contributed by atoms with E-state index in [4.69, 9.17) is 23.2 Å². The van der Waals surface area contributed by atoms with Gasteiger partial charge in [-0.05, 0) is 44.1 Å². The fourth-order valence-corrected chi connectivity index (χ4v) is 2.87. The lowest BCUT2D eigenvalue weighted by Gasteiger charge is -2.30. The van der Waals surface area contributed by atoms with Crippen LogP contribution in [0.25, 0.3) is 0 Å². The molecule has 1 N–H and O–H groups in total. The highest BCUT2D eigenvalue weighted by Gasteiger charge is 2.21. The van der Waals surface area contributed by atoms with Crippen LogP contribution >= 0.6 is 23.2 Å². The van der Waals surface area contributed by atoms with Crippen LogP contribution in [0.3, 0.4) is 0 Å². The zero-order valence-corrected chi connectivity index (χ0v) is 14.2. The van der Waals surface area contributed by atoms with E-state index in [1.165, 1.54) is 12.1 Å². The molecule has 0 aliphatic heterocycles. The first-order valence-electron chi connectivity index (χ1n) is 6.65. The largest absolute Gasteiger partial charge is 0.310 e. The second kappa shape index (κ2) is 7.08. The van der Waals surface area contributed by atoms with E-state index in [-0.39, 0.29) is 16.5 Å². The molecule has 1 unspecified atom stereocenters. The zero-order valence-electron chi connectivity index (χ0n) is 12.7. The van der Waals surface area contributed by atoms with E-state index >= 15 is 0 Å². The molecule has 0 radical (unpaired) electrons. The number of rotatable bonds is 6. The molecule has 20 heavy (non-hydrogen) atoms. The quantitative estimate of drug-likeness (QED) is 0.783. The zero-order chi connectivity index (χ0) is 15.5. The summed E-state index contributed by atoms with van der Waals surface area (Å²) in [5, 5.41) is 3.95. The number of benzene rings is 1. The van der Waals surface area contributed by atoms with Gasteiger partial charge in [0.1, 0.15) is 5.82 Å². The third kappa shape index (κ3) is 5.21. The number of hydrogen-bond donors (Lipinski definition) is 1. The normalized spacial score (nSPS) is 13.8. The average molecular weight is 321 g/mol. The molecule has 0 saturated carbocycles. The van der Waals surface area contributed by atoms with Crippen molar-refractivity contribution >= 4 is 23.2 Å². The van der Waals surface area contributed by atoms with Crippen molar-refractivity contribution in [2.45, 2.75) is 26.8 Å². The Morgan fingerprint density at radius 3 is 2.40 bits per heavy atom. The number of nitrogens with one attached hydrogen (secondary N) is 1. The summed E-state index contributed by atoms with van der Waals surface area (Å²) < 4.78 is 13.5. The molecule has 0 aliphatic rings. The Bertz CT molecular complexity index is 461. The van der Waals surface area contributed by atoms with Gasteiger partial charge >= 0.3 is 0 Å². The van der Waals surface area contributed by atoms with Crippen molar-refractivity contribution in [3.8, 4) is 0 Å². The van der Waals surface area contributed by atoms with Crippen molar-refractivity contribution in [2.75, 3.05) is 27.2 Å². The van der Waals surface area contributed by atoms with Crippen LogP contribution in [0.1, 0.15) is 32.4 Å². The molecular weight excluding hydrogens is 298 g/mol. The highest BCUT2D eigenvalue weighted by atomic mass is 35.5. The van der Waals surface area contributed by atoms with E-state index in [0.717, 1.165) is 18.7 Å². The first kappa shape index (κ1) is 17.7. The van der Waals surface area contributed by atoms with E-state index in [1.807, 2.05) is 6.92 Å². The highest BCUT2D eigenvalue weighted by molar-refractivity contribution is 6.35. The first-order chi connectivity index (χ1) is 9.12. The summed E-state index contributed by atoms with van der Waals surface area (Å²) in [4.78, 5) is 2.15. The molecule has 0 heterocycles. The third-order valence-corrected chi connectivity index (χ3v) is 3.75. The van der Waals surface area contributed by atoms with Crippen LogP contribution in [0.4, 0.5) is 4.39 Å². The third-order valence-electron chi connectivity index (χ3n) is 3.14. The molecule has 1 aromatic carbocycles. The molecule has 5 heteroatoms. The standard InChI is InChI=1S/C15H23Cl2FN2/c1-10(19-8-15(2,3)9-20(4)5)11-6-14(18)13(17)7-12(11)16/h6-7,10,19H,8-9H2,1-5H3. The highest BCUT2D eigenvalue weighted by Crippen LogP contribution is 2.29. The molecule has 0 aromatic heterocycles. The van der Waals surface area contributed by atoms with Gasteiger partial charge in [0, 0.05) is 24.2 Å². The second-order valence-electron chi connectivity index (χ2n) is 6.29. The molecule has 114 valence electrons. The molecule has 0 spiro atoms. The summed E-state index contributed by atoms with van der Waals surface area (Å²) in [7, 11) is 4.10. The van der Waals surface area contributed by atoms with E-state index in [0.29, 0.717) is 5.02 Å². The molecule has 0 bridgehead atoms. The minimum Gasteiger partial charge on any atom is -0.310 e. The van der Waals surface area contributed by atoms with E-state index in [9.17, 15) is 4.39 Å². The molecule has 2 nitrogen and oxygen atoms in total. The number of nitrogens with zero attached hydrogens (tertiary/aromatic N) is 1. The van der Waals surface area contributed by atoms with Gasteiger partial charge in [0.05, 0.1) is 5.02 Å². The first-order valence-corrected chi connectivity index (χ1v) is 7.40. The predicted octanol–water partition coefficient (Wildman–Crippen LogP) is 4.37. The maximum absolute atomic E-state index is 13.5. The predicted molar refractivity (Wildman–Crippen MR) is 85.2 cm³/mol. The lowest BCUT2D eigenvalue weighted by Crippen LogP contribution is -2.38. The Balaban J connectivity index is 2.72. The summed E-state index contributed by atoms with van der Waals surface area (Å²) in [6.45, 7) is 8.14. The summed E-state index contributed by atoms with van der Waals surface area (Å²) in [5.74, 6) is -0.438.